The summed E-state index contributed by atoms with van der Waals surface area (Å²) in [6, 6.07) is 10.7. The van der Waals surface area contributed by atoms with Crippen molar-refractivity contribution in [2.45, 2.75) is 6.42 Å². The Labute approximate surface area is 197 Å². The van der Waals surface area contributed by atoms with Crippen LogP contribution in [0.15, 0.2) is 54.7 Å². The van der Waals surface area contributed by atoms with Crippen LogP contribution < -0.4 is 14.7 Å². The van der Waals surface area contributed by atoms with Gasteiger partial charge >= 0.3 is 0 Å². The minimum Gasteiger partial charge on any atom is -0.362 e. The lowest BCUT2D eigenvalue weighted by Gasteiger charge is -2.36. The zero-order valence-electron chi connectivity index (χ0n) is 19.0. The smallest absolute Gasteiger partial charge is 0.294 e. The average molecular weight is 462 g/mol. The molecule has 2 fully saturated rings. The summed E-state index contributed by atoms with van der Waals surface area (Å²) < 4.78 is 0. The van der Waals surface area contributed by atoms with Crippen molar-refractivity contribution < 1.29 is 14.5 Å². The molecular weight excluding hydrogens is 434 g/mol. The fraction of sp³-hybridized carbons (Fsp3) is 0.400. The number of fused-ring (bicyclic) bond motifs is 2. The Balaban J connectivity index is 1.34. The molecule has 4 unspecified atom stereocenters. The number of nitrogens with zero attached hydrogens (tertiary/aromatic N) is 5. The number of nitro groups is 1. The molecular formula is C25H27N5O4. The monoisotopic (exact) mass is 461 g/mol. The highest BCUT2D eigenvalue weighted by atomic mass is 16.6. The maximum atomic E-state index is 13.3. The number of anilines is 3. The molecule has 176 valence electrons. The van der Waals surface area contributed by atoms with Crippen LogP contribution in [0, 0.1) is 33.8 Å². The third-order valence-corrected chi connectivity index (χ3v) is 7.43. The van der Waals surface area contributed by atoms with Crippen molar-refractivity contribution in [3.63, 3.8) is 0 Å². The first-order valence-corrected chi connectivity index (χ1v) is 11.6. The van der Waals surface area contributed by atoms with E-state index in [0.29, 0.717) is 37.6 Å². The number of carbonyl (C=O) groups excluding carboxylic acids is 2. The molecule has 1 saturated heterocycles. The Kier molecular flexibility index (Phi) is 5.77. The van der Waals surface area contributed by atoms with E-state index in [1.165, 1.54) is 11.0 Å². The SMILES string of the molecule is CN(C(=O)C1C2C=CC(C2)C1C=O)c1ccc(N2CCN(c3ccccn3)CC2)c([N+](=O)[O-])c1. The number of carbonyl (C=O) groups is 2. The van der Waals surface area contributed by atoms with Crippen LogP contribution in [0.2, 0.25) is 0 Å². The van der Waals surface area contributed by atoms with Crippen molar-refractivity contribution in [1.29, 1.82) is 0 Å². The summed E-state index contributed by atoms with van der Waals surface area (Å²) in [5, 5.41) is 12.0. The summed E-state index contributed by atoms with van der Waals surface area (Å²) in [5.74, 6) is 0.174. The van der Waals surface area contributed by atoms with Gasteiger partial charge in [-0.1, -0.05) is 18.2 Å². The minimum absolute atomic E-state index is 0.0248. The summed E-state index contributed by atoms with van der Waals surface area (Å²) in [6.07, 6.45) is 7.52. The molecule has 0 radical (unpaired) electrons. The van der Waals surface area contributed by atoms with E-state index in [9.17, 15) is 19.7 Å². The van der Waals surface area contributed by atoms with E-state index in [0.717, 1.165) is 18.5 Å². The molecule has 1 amide bonds. The maximum absolute atomic E-state index is 13.3. The van der Waals surface area contributed by atoms with Crippen molar-refractivity contribution in [1.82, 2.24) is 4.98 Å². The number of aldehydes is 1. The number of pyridine rings is 1. The second-order valence-corrected chi connectivity index (χ2v) is 9.18. The molecule has 2 heterocycles. The van der Waals surface area contributed by atoms with Gasteiger partial charge in [-0.3, -0.25) is 14.9 Å². The molecule has 34 heavy (non-hydrogen) atoms. The summed E-state index contributed by atoms with van der Waals surface area (Å²) >= 11 is 0. The summed E-state index contributed by atoms with van der Waals surface area (Å²) in [5.41, 5.74) is 0.982. The van der Waals surface area contributed by atoms with Gasteiger partial charge < -0.3 is 19.5 Å². The normalized spacial score (nSPS) is 25.4. The lowest BCUT2D eigenvalue weighted by atomic mass is 9.83. The molecule has 2 aromatic rings. The van der Waals surface area contributed by atoms with Crippen molar-refractivity contribution in [3.8, 4) is 0 Å². The first-order valence-electron chi connectivity index (χ1n) is 11.6. The zero-order valence-corrected chi connectivity index (χ0v) is 19.0. The van der Waals surface area contributed by atoms with Gasteiger partial charge in [0.05, 0.1) is 16.5 Å². The Morgan fingerprint density at radius 2 is 1.85 bits per heavy atom. The van der Waals surface area contributed by atoms with Crippen LogP contribution in [0.3, 0.4) is 0 Å². The fourth-order valence-electron chi connectivity index (χ4n) is 5.60. The highest BCUT2D eigenvalue weighted by molar-refractivity contribution is 5.97. The van der Waals surface area contributed by atoms with Gasteiger partial charge in [0, 0.05) is 51.4 Å². The Bertz CT molecular complexity index is 1130. The van der Waals surface area contributed by atoms with E-state index in [-0.39, 0.29) is 29.3 Å². The molecule has 1 aliphatic heterocycles. The molecule has 9 nitrogen and oxygen atoms in total. The number of benzene rings is 1. The van der Waals surface area contributed by atoms with Gasteiger partial charge in [-0.25, -0.2) is 4.98 Å². The highest BCUT2D eigenvalue weighted by Crippen LogP contribution is 2.48. The maximum Gasteiger partial charge on any atom is 0.294 e. The summed E-state index contributed by atoms with van der Waals surface area (Å²) in [7, 11) is 1.63. The largest absolute Gasteiger partial charge is 0.362 e. The van der Waals surface area contributed by atoms with Crippen LogP contribution in [0.4, 0.5) is 22.9 Å². The topological polar surface area (TPSA) is 99.9 Å². The van der Waals surface area contributed by atoms with E-state index in [1.807, 2.05) is 35.3 Å². The molecule has 0 N–H and O–H groups in total. The standard InChI is InChI=1S/C25H27N5O4/c1-27(25(32)24-18-6-5-17(14-18)20(24)16-31)19-7-8-21(22(15-19)30(33)34)28-10-12-29(13-11-28)23-4-2-3-9-26-23/h2-9,15-18,20,24H,10-14H2,1H3. The number of allylic oxidation sites excluding steroid dienone is 2. The molecule has 4 atom stereocenters. The van der Waals surface area contributed by atoms with Crippen molar-refractivity contribution in [2.24, 2.45) is 23.7 Å². The minimum atomic E-state index is -0.407. The fourth-order valence-corrected chi connectivity index (χ4v) is 5.60. The predicted octanol–water partition coefficient (Wildman–Crippen LogP) is 2.92. The average Bonchev–Trinajstić information content (AvgIpc) is 3.50. The van der Waals surface area contributed by atoms with Crippen molar-refractivity contribution in [2.75, 3.05) is 47.9 Å². The molecule has 1 saturated carbocycles. The Hall–Kier alpha value is -3.75. The van der Waals surface area contributed by atoms with Gasteiger partial charge in [0.2, 0.25) is 5.91 Å². The van der Waals surface area contributed by atoms with E-state index in [4.69, 9.17) is 0 Å². The predicted molar refractivity (Wildman–Crippen MR) is 129 cm³/mol. The van der Waals surface area contributed by atoms with E-state index < -0.39 is 10.8 Å². The van der Waals surface area contributed by atoms with Gasteiger partial charge in [-0.2, -0.15) is 0 Å². The Morgan fingerprint density at radius 1 is 1.12 bits per heavy atom. The quantitative estimate of drug-likeness (QED) is 0.282. The van der Waals surface area contributed by atoms with E-state index in [1.54, 1.807) is 25.4 Å². The first kappa shape index (κ1) is 22.1. The van der Waals surface area contributed by atoms with E-state index in [2.05, 4.69) is 9.88 Å². The van der Waals surface area contributed by atoms with Gasteiger partial charge in [0.25, 0.3) is 5.69 Å². The molecule has 9 heteroatoms. The van der Waals surface area contributed by atoms with Gasteiger partial charge in [0.1, 0.15) is 17.8 Å². The second kappa shape index (κ2) is 8.89. The van der Waals surface area contributed by atoms with Crippen LogP contribution in [-0.4, -0.2) is 55.3 Å². The zero-order chi connectivity index (χ0) is 23.8. The molecule has 1 aromatic carbocycles. The number of rotatable bonds is 6. The molecule has 0 spiro atoms. The number of amides is 1. The Morgan fingerprint density at radius 3 is 2.53 bits per heavy atom. The number of nitro benzene ring substituents is 1. The van der Waals surface area contributed by atoms with E-state index >= 15 is 0 Å². The molecule has 1 aromatic heterocycles. The summed E-state index contributed by atoms with van der Waals surface area (Å²) in [6.45, 7) is 2.67. The molecule has 2 aliphatic carbocycles. The third-order valence-electron chi connectivity index (χ3n) is 7.43. The number of piperazine rings is 1. The number of hydrogen-bond acceptors (Lipinski definition) is 7. The van der Waals surface area contributed by atoms with Crippen molar-refractivity contribution in [3.05, 3.63) is 64.9 Å². The van der Waals surface area contributed by atoms with Gasteiger partial charge in [0.15, 0.2) is 0 Å². The second-order valence-electron chi connectivity index (χ2n) is 9.18. The lowest BCUT2D eigenvalue weighted by Crippen LogP contribution is -2.47. The van der Waals surface area contributed by atoms with Crippen LogP contribution in [-0.2, 0) is 9.59 Å². The van der Waals surface area contributed by atoms with Crippen LogP contribution in [0.5, 0.6) is 0 Å². The molecule has 2 bridgehead atoms. The van der Waals surface area contributed by atoms with Crippen LogP contribution >= 0.6 is 0 Å². The summed E-state index contributed by atoms with van der Waals surface area (Å²) in [4.78, 5) is 46.5. The van der Waals surface area contributed by atoms with Crippen LogP contribution in [0.1, 0.15) is 6.42 Å². The van der Waals surface area contributed by atoms with Crippen molar-refractivity contribution >= 4 is 35.1 Å². The number of hydrogen-bond donors (Lipinski definition) is 0. The van der Waals surface area contributed by atoms with Gasteiger partial charge in [-0.15, -0.1) is 0 Å². The highest BCUT2D eigenvalue weighted by Gasteiger charge is 2.49. The van der Waals surface area contributed by atoms with Gasteiger partial charge in [-0.05, 0) is 42.5 Å². The molecule has 3 aliphatic rings. The molecule has 5 rings (SSSR count). The third kappa shape index (κ3) is 3.81. The first-order chi connectivity index (χ1) is 16.5. The van der Waals surface area contributed by atoms with Crippen LogP contribution in [0.25, 0.3) is 0 Å². The lowest BCUT2D eigenvalue weighted by molar-refractivity contribution is -0.384. The number of aromatic nitrogens is 1.